The van der Waals surface area contributed by atoms with Gasteiger partial charge >= 0.3 is 0 Å². The molecule has 6 rings (SSSR count). The van der Waals surface area contributed by atoms with Gasteiger partial charge in [0, 0.05) is 45.2 Å². The number of benzene rings is 1. The van der Waals surface area contributed by atoms with Crippen LogP contribution in [0.15, 0.2) is 73.3 Å². The topological polar surface area (TPSA) is 112 Å². The van der Waals surface area contributed by atoms with Crippen molar-refractivity contribution in [1.29, 1.82) is 0 Å². The third-order valence-corrected chi connectivity index (χ3v) is 6.32. The average molecular weight is 506 g/mol. The molecule has 0 saturated carbocycles. The van der Waals surface area contributed by atoms with E-state index in [0.29, 0.717) is 22.6 Å². The molecule has 0 saturated heterocycles. The monoisotopic (exact) mass is 505 g/mol. The first kappa shape index (κ1) is 23.5. The van der Waals surface area contributed by atoms with Crippen LogP contribution in [0.25, 0.3) is 55.7 Å². The number of nitrogens with zero attached hydrogens (tertiary/aromatic N) is 4. The molecule has 0 bridgehead atoms. The number of pyridine rings is 3. The first-order chi connectivity index (χ1) is 18.3. The van der Waals surface area contributed by atoms with Gasteiger partial charge in [-0.3, -0.25) is 24.8 Å². The van der Waals surface area contributed by atoms with Crippen LogP contribution in [-0.4, -0.2) is 36.0 Å². The summed E-state index contributed by atoms with van der Waals surface area (Å²) in [5, 5.41) is 12.2. The van der Waals surface area contributed by atoms with Gasteiger partial charge in [-0.05, 0) is 36.4 Å². The third-order valence-electron chi connectivity index (χ3n) is 6.32. The van der Waals surface area contributed by atoms with Crippen molar-refractivity contribution >= 4 is 33.4 Å². The lowest BCUT2D eigenvalue weighted by molar-refractivity contribution is -0.123. The lowest BCUT2D eigenvalue weighted by Gasteiger charge is -2.17. The summed E-state index contributed by atoms with van der Waals surface area (Å²) < 4.78 is 13.9. The van der Waals surface area contributed by atoms with Gasteiger partial charge in [0.15, 0.2) is 0 Å². The predicted octanol–water partition coefficient (Wildman–Crippen LogP) is 6.35. The number of nitrogens with one attached hydrogen (secondary N) is 3. The molecular weight excluding hydrogens is 481 g/mol. The fourth-order valence-electron chi connectivity index (χ4n) is 4.29. The zero-order valence-corrected chi connectivity index (χ0v) is 21.0. The summed E-state index contributed by atoms with van der Waals surface area (Å²) in [4.78, 5) is 29.2. The number of carbonyl (C=O) groups is 1. The molecule has 38 heavy (non-hydrogen) atoms. The molecule has 8 nitrogen and oxygen atoms in total. The van der Waals surface area contributed by atoms with Crippen LogP contribution in [-0.2, 0) is 4.79 Å². The van der Waals surface area contributed by atoms with Crippen LogP contribution in [0.4, 0.5) is 10.1 Å². The van der Waals surface area contributed by atoms with Crippen molar-refractivity contribution in [2.75, 3.05) is 5.32 Å². The Morgan fingerprint density at radius 1 is 0.895 bits per heavy atom. The molecule has 5 aromatic heterocycles. The number of hydrogen-bond acceptors (Lipinski definition) is 5. The molecule has 0 aliphatic carbocycles. The predicted molar refractivity (Wildman–Crippen MR) is 146 cm³/mol. The van der Waals surface area contributed by atoms with Crippen LogP contribution in [0.5, 0.6) is 0 Å². The third kappa shape index (κ3) is 4.28. The van der Waals surface area contributed by atoms with Crippen LogP contribution >= 0.6 is 0 Å². The van der Waals surface area contributed by atoms with Gasteiger partial charge in [-0.25, -0.2) is 4.39 Å². The highest BCUT2D eigenvalue weighted by Crippen LogP contribution is 2.34. The van der Waals surface area contributed by atoms with E-state index >= 15 is 0 Å². The Hall–Kier alpha value is -4.92. The van der Waals surface area contributed by atoms with E-state index in [1.807, 2.05) is 51.1 Å². The second-order valence-electron chi connectivity index (χ2n) is 10.2. The number of amides is 1. The molecule has 5 heterocycles. The normalized spacial score (nSPS) is 11.8. The van der Waals surface area contributed by atoms with E-state index in [9.17, 15) is 9.18 Å². The maximum Gasteiger partial charge on any atom is 0.229 e. The second kappa shape index (κ2) is 8.88. The van der Waals surface area contributed by atoms with Gasteiger partial charge in [0.1, 0.15) is 11.5 Å². The van der Waals surface area contributed by atoms with Crippen LogP contribution in [0.3, 0.4) is 0 Å². The van der Waals surface area contributed by atoms with E-state index in [1.54, 1.807) is 30.9 Å². The van der Waals surface area contributed by atoms with Crippen molar-refractivity contribution in [3.8, 4) is 33.9 Å². The minimum atomic E-state index is -0.525. The molecule has 0 unspecified atom stereocenters. The highest BCUT2D eigenvalue weighted by Gasteiger charge is 2.21. The number of anilines is 1. The lowest BCUT2D eigenvalue weighted by atomic mass is 9.95. The van der Waals surface area contributed by atoms with Crippen molar-refractivity contribution < 1.29 is 9.18 Å². The maximum atomic E-state index is 13.9. The Bertz CT molecular complexity index is 1830. The maximum absolute atomic E-state index is 13.9. The fraction of sp³-hybridized carbons (Fsp3) is 0.138. The highest BCUT2D eigenvalue weighted by atomic mass is 19.1. The molecule has 188 valence electrons. The molecule has 0 spiro atoms. The summed E-state index contributed by atoms with van der Waals surface area (Å²) in [7, 11) is 0. The molecular formula is C29H24FN7O. The van der Waals surface area contributed by atoms with Crippen molar-refractivity contribution in [2.24, 2.45) is 5.41 Å². The first-order valence-corrected chi connectivity index (χ1v) is 12.1. The number of halogens is 1. The summed E-state index contributed by atoms with van der Waals surface area (Å²) in [6, 6.07) is 14.1. The zero-order chi connectivity index (χ0) is 26.4. The number of fused-ring (bicyclic) bond motifs is 2. The Kier molecular flexibility index (Phi) is 5.48. The molecule has 0 atom stereocenters. The molecule has 0 fully saturated rings. The number of hydrogen-bond donors (Lipinski definition) is 3. The number of H-pyrrole nitrogens is 2. The molecule has 0 radical (unpaired) electrons. The highest BCUT2D eigenvalue weighted by molar-refractivity contribution is 6.00. The number of aromatic nitrogens is 6. The summed E-state index contributed by atoms with van der Waals surface area (Å²) in [6.45, 7) is 5.57. The van der Waals surface area contributed by atoms with Crippen molar-refractivity contribution in [3.05, 3.63) is 79.1 Å². The Balaban J connectivity index is 1.40. The average Bonchev–Trinajstić information content (AvgIpc) is 3.52. The van der Waals surface area contributed by atoms with Gasteiger partial charge in [-0.15, -0.1) is 0 Å². The summed E-state index contributed by atoms with van der Waals surface area (Å²) in [5.41, 5.74) is 6.07. The van der Waals surface area contributed by atoms with E-state index in [1.165, 1.54) is 12.1 Å². The van der Waals surface area contributed by atoms with Gasteiger partial charge < -0.3 is 10.3 Å². The van der Waals surface area contributed by atoms with Crippen molar-refractivity contribution in [3.63, 3.8) is 0 Å². The minimum Gasteiger partial charge on any atom is -0.353 e. The Morgan fingerprint density at radius 2 is 1.74 bits per heavy atom. The molecule has 6 aromatic rings. The van der Waals surface area contributed by atoms with Crippen LogP contribution in [0.1, 0.15) is 20.8 Å². The van der Waals surface area contributed by atoms with E-state index in [4.69, 9.17) is 0 Å². The smallest absolute Gasteiger partial charge is 0.229 e. The second-order valence-corrected chi connectivity index (χ2v) is 10.2. The molecule has 9 heteroatoms. The van der Waals surface area contributed by atoms with Crippen LogP contribution in [0, 0.1) is 11.2 Å². The van der Waals surface area contributed by atoms with Crippen molar-refractivity contribution in [1.82, 2.24) is 30.1 Å². The SMILES string of the molecule is CC(C)(C)C(=O)Nc1cncc(-c2cc3c(-c4cc5c(-c6cccc(F)c6)nccc5[nH]4)n[nH]c3cn2)c1. The first-order valence-electron chi connectivity index (χ1n) is 12.1. The number of aromatic amines is 2. The van der Waals surface area contributed by atoms with Gasteiger partial charge in [0.25, 0.3) is 0 Å². The van der Waals surface area contributed by atoms with Gasteiger partial charge in [-0.1, -0.05) is 32.9 Å². The lowest BCUT2D eigenvalue weighted by Crippen LogP contribution is -2.27. The Labute approximate surface area is 217 Å². The molecule has 1 amide bonds. The van der Waals surface area contributed by atoms with Crippen LogP contribution in [0.2, 0.25) is 0 Å². The fourth-order valence-corrected chi connectivity index (χ4v) is 4.29. The van der Waals surface area contributed by atoms with E-state index in [-0.39, 0.29) is 11.7 Å². The minimum absolute atomic E-state index is 0.0945. The summed E-state index contributed by atoms with van der Waals surface area (Å²) in [6.07, 6.45) is 6.75. The largest absolute Gasteiger partial charge is 0.353 e. The molecule has 1 aromatic carbocycles. The Morgan fingerprint density at radius 3 is 2.55 bits per heavy atom. The van der Waals surface area contributed by atoms with E-state index in [2.05, 4.69) is 35.5 Å². The standard InChI is InChI=1S/C29H24FN7O/c1-29(2,3)28(38)34-19-10-17(13-31-14-19)23-11-21-25(15-33-23)36-37-27(21)24-12-20-22(35-24)7-8-32-26(20)16-5-4-6-18(30)9-16/h4-15,35H,1-3H3,(H,34,38)(H,36,37). The van der Waals surface area contributed by atoms with Gasteiger partial charge in [-0.2, -0.15) is 5.10 Å². The van der Waals surface area contributed by atoms with E-state index in [0.717, 1.165) is 38.8 Å². The number of carbonyl (C=O) groups excluding carboxylic acids is 1. The number of rotatable bonds is 4. The quantitative estimate of drug-likeness (QED) is 0.258. The molecule has 0 aliphatic heterocycles. The van der Waals surface area contributed by atoms with Gasteiger partial charge in [0.05, 0.1) is 40.7 Å². The van der Waals surface area contributed by atoms with Crippen LogP contribution < -0.4 is 5.32 Å². The molecule has 3 N–H and O–H groups in total. The van der Waals surface area contributed by atoms with Gasteiger partial charge in [0.2, 0.25) is 5.91 Å². The zero-order valence-electron chi connectivity index (χ0n) is 21.0. The van der Waals surface area contributed by atoms with Crippen molar-refractivity contribution in [2.45, 2.75) is 20.8 Å². The summed E-state index contributed by atoms with van der Waals surface area (Å²) in [5.74, 6) is -0.408. The van der Waals surface area contributed by atoms with E-state index < -0.39 is 5.41 Å². The summed E-state index contributed by atoms with van der Waals surface area (Å²) >= 11 is 0. The molecule has 0 aliphatic rings.